The molecule has 3 atom stereocenters. The van der Waals surface area contributed by atoms with Crippen LogP contribution >= 0.6 is 0 Å². The molecule has 2 heteroatoms. The van der Waals surface area contributed by atoms with Crippen LogP contribution in [0.3, 0.4) is 0 Å². The van der Waals surface area contributed by atoms with Crippen LogP contribution in [0.25, 0.3) is 0 Å². The lowest BCUT2D eigenvalue weighted by Gasteiger charge is -2.33. The molecule has 2 nitrogen and oxygen atoms in total. The van der Waals surface area contributed by atoms with Crippen molar-refractivity contribution in [3.63, 3.8) is 0 Å². The maximum Gasteiger partial charge on any atom is 0.0558 e. The van der Waals surface area contributed by atoms with Gasteiger partial charge in [0.15, 0.2) is 0 Å². The smallest absolute Gasteiger partial charge is 0.0558 e. The van der Waals surface area contributed by atoms with Crippen molar-refractivity contribution >= 4 is 0 Å². The van der Waals surface area contributed by atoms with Crippen molar-refractivity contribution in [2.45, 2.75) is 44.2 Å². The molecule has 2 rings (SSSR count). The largest absolute Gasteiger partial charge is 0.382 e. The molecular formula is C15H23NO. The minimum absolute atomic E-state index is 0.336. The van der Waals surface area contributed by atoms with Gasteiger partial charge in [0.05, 0.1) is 6.10 Å². The highest BCUT2D eigenvalue weighted by Crippen LogP contribution is 2.38. The van der Waals surface area contributed by atoms with Gasteiger partial charge in [0.25, 0.3) is 0 Å². The van der Waals surface area contributed by atoms with Gasteiger partial charge in [-0.15, -0.1) is 0 Å². The van der Waals surface area contributed by atoms with Gasteiger partial charge in [0.1, 0.15) is 0 Å². The first-order valence-electron chi connectivity index (χ1n) is 6.52. The van der Waals surface area contributed by atoms with Gasteiger partial charge in [-0.2, -0.15) is 0 Å². The number of hydrogen-bond donors (Lipinski definition) is 1. The number of methoxy groups -OCH3 is 1. The normalized spacial score (nSPS) is 21.5. The topological polar surface area (TPSA) is 21.3 Å². The molecule has 0 saturated carbocycles. The summed E-state index contributed by atoms with van der Waals surface area (Å²) in [5.74, 6) is 0.743. The number of benzene rings is 1. The monoisotopic (exact) mass is 233 g/mol. The number of fused-ring (bicyclic) bond motifs is 1. The van der Waals surface area contributed by atoms with Crippen LogP contribution in [0.2, 0.25) is 0 Å². The second-order valence-corrected chi connectivity index (χ2v) is 5.10. The van der Waals surface area contributed by atoms with Gasteiger partial charge >= 0.3 is 0 Å². The van der Waals surface area contributed by atoms with Crippen LogP contribution in [-0.2, 0) is 11.2 Å². The third kappa shape index (κ3) is 2.88. The fourth-order valence-corrected chi connectivity index (χ4v) is 2.75. The standard InChI is InChI=1S/C15H23NO/c1-11(17-3)8-14(16-2)10-13-9-12-6-4-5-7-15(12)13/h4-7,11,13-14,16H,8-10H2,1-3H3. The van der Waals surface area contributed by atoms with Crippen molar-refractivity contribution < 1.29 is 4.74 Å². The highest BCUT2D eigenvalue weighted by Gasteiger charge is 2.27. The minimum Gasteiger partial charge on any atom is -0.382 e. The fraction of sp³-hybridized carbons (Fsp3) is 0.600. The summed E-state index contributed by atoms with van der Waals surface area (Å²) >= 11 is 0. The SMILES string of the molecule is CNC(CC(C)OC)CC1Cc2ccccc21. The summed E-state index contributed by atoms with van der Waals surface area (Å²) in [5.41, 5.74) is 3.09. The fourth-order valence-electron chi connectivity index (χ4n) is 2.75. The van der Waals surface area contributed by atoms with Crippen molar-refractivity contribution in [2.75, 3.05) is 14.2 Å². The molecule has 0 saturated heterocycles. The third-order valence-electron chi connectivity index (χ3n) is 3.96. The second kappa shape index (κ2) is 5.65. The van der Waals surface area contributed by atoms with Crippen LogP contribution in [0.5, 0.6) is 0 Å². The Hall–Kier alpha value is -0.860. The van der Waals surface area contributed by atoms with Gasteiger partial charge in [-0.3, -0.25) is 0 Å². The molecule has 0 bridgehead atoms. The zero-order chi connectivity index (χ0) is 12.3. The highest BCUT2D eigenvalue weighted by molar-refractivity contribution is 5.39. The van der Waals surface area contributed by atoms with Crippen molar-refractivity contribution in [3.8, 4) is 0 Å². The molecule has 1 aliphatic carbocycles. The molecule has 0 aliphatic heterocycles. The number of ether oxygens (including phenoxy) is 1. The molecule has 1 aromatic rings. The quantitative estimate of drug-likeness (QED) is 0.815. The van der Waals surface area contributed by atoms with Gasteiger partial charge in [-0.05, 0) is 50.3 Å². The lowest BCUT2D eigenvalue weighted by molar-refractivity contribution is 0.0990. The molecule has 1 aliphatic rings. The van der Waals surface area contributed by atoms with E-state index in [9.17, 15) is 0 Å². The van der Waals surface area contributed by atoms with Crippen molar-refractivity contribution in [3.05, 3.63) is 35.4 Å². The van der Waals surface area contributed by atoms with Gasteiger partial charge in [0.2, 0.25) is 0 Å². The molecule has 0 spiro atoms. The molecule has 17 heavy (non-hydrogen) atoms. The van der Waals surface area contributed by atoms with Crippen LogP contribution < -0.4 is 5.32 Å². The van der Waals surface area contributed by atoms with E-state index < -0.39 is 0 Å². The van der Waals surface area contributed by atoms with E-state index in [1.165, 1.54) is 18.4 Å². The Morgan fingerprint density at radius 2 is 2.18 bits per heavy atom. The predicted molar refractivity (Wildman–Crippen MR) is 71.4 cm³/mol. The molecule has 1 aromatic carbocycles. The van der Waals surface area contributed by atoms with E-state index in [1.807, 2.05) is 0 Å². The summed E-state index contributed by atoms with van der Waals surface area (Å²) in [5, 5.41) is 3.42. The molecule has 94 valence electrons. The Morgan fingerprint density at radius 3 is 2.82 bits per heavy atom. The Morgan fingerprint density at radius 1 is 1.41 bits per heavy atom. The highest BCUT2D eigenvalue weighted by atomic mass is 16.5. The first kappa shape index (κ1) is 12.6. The zero-order valence-electron chi connectivity index (χ0n) is 11.1. The molecular weight excluding hydrogens is 210 g/mol. The maximum absolute atomic E-state index is 5.35. The Labute approximate surface area is 104 Å². The maximum atomic E-state index is 5.35. The molecule has 0 radical (unpaired) electrons. The van der Waals surface area contributed by atoms with E-state index in [2.05, 4.69) is 43.6 Å². The summed E-state index contributed by atoms with van der Waals surface area (Å²) in [6.45, 7) is 2.14. The average molecular weight is 233 g/mol. The van der Waals surface area contributed by atoms with Gasteiger partial charge < -0.3 is 10.1 Å². The second-order valence-electron chi connectivity index (χ2n) is 5.10. The Balaban J connectivity index is 1.89. The zero-order valence-corrected chi connectivity index (χ0v) is 11.1. The van der Waals surface area contributed by atoms with Crippen molar-refractivity contribution in [2.24, 2.45) is 0 Å². The van der Waals surface area contributed by atoms with Crippen LogP contribution in [0.4, 0.5) is 0 Å². The molecule has 3 unspecified atom stereocenters. The predicted octanol–water partition coefficient (Wildman–Crippen LogP) is 2.73. The summed E-state index contributed by atoms with van der Waals surface area (Å²) in [4.78, 5) is 0. The number of rotatable bonds is 6. The summed E-state index contributed by atoms with van der Waals surface area (Å²) in [6, 6.07) is 9.37. The van der Waals surface area contributed by atoms with Crippen LogP contribution in [0, 0.1) is 0 Å². The average Bonchev–Trinajstić information content (AvgIpc) is 2.34. The molecule has 0 heterocycles. The lowest BCUT2D eigenvalue weighted by atomic mass is 9.74. The third-order valence-corrected chi connectivity index (χ3v) is 3.96. The minimum atomic E-state index is 0.336. The first-order valence-corrected chi connectivity index (χ1v) is 6.52. The van der Waals surface area contributed by atoms with Crippen LogP contribution in [-0.4, -0.2) is 26.3 Å². The van der Waals surface area contributed by atoms with E-state index in [4.69, 9.17) is 4.74 Å². The van der Waals surface area contributed by atoms with Crippen molar-refractivity contribution in [1.82, 2.24) is 5.32 Å². The lowest BCUT2D eigenvalue weighted by Crippen LogP contribution is -2.33. The van der Waals surface area contributed by atoms with Gasteiger partial charge in [0, 0.05) is 13.2 Å². The molecule has 0 aromatic heterocycles. The first-order chi connectivity index (χ1) is 8.24. The Bertz CT molecular complexity index is 364. The summed E-state index contributed by atoms with van der Waals surface area (Å²) < 4.78 is 5.35. The van der Waals surface area contributed by atoms with E-state index in [-0.39, 0.29) is 0 Å². The molecule has 0 fully saturated rings. The van der Waals surface area contributed by atoms with Crippen LogP contribution in [0.1, 0.15) is 36.8 Å². The van der Waals surface area contributed by atoms with Crippen molar-refractivity contribution in [1.29, 1.82) is 0 Å². The summed E-state index contributed by atoms with van der Waals surface area (Å²) in [7, 11) is 3.84. The molecule has 1 N–H and O–H groups in total. The van der Waals surface area contributed by atoms with E-state index >= 15 is 0 Å². The number of hydrogen-bond acceptors (Lipinski definition) is 2. The van der Waals surface area contributed by atoms with E-state index in [0.29, 0.717) is 12.1 Å². The van der Waals surface area contributed by atoms with Crippen LogP contribution in [0.15, 0.2) is 24.3 Å². The van der Waals surface area contributed by atoms with E-state index in [0.717, 1.165) is 12.3 Å². The van der Waals surface area contributed by atoms with Gasteiger partial charge in [-0.1, -0.05) is 24.3 Å². The summed E-state index contributed by atoms with van der Waals surface area (Å²) in [6.07, 6.45) is 3.89. The van der Waals surface area contributed by atoms with Gasteiger partial charge in [-0.25, -0.2) is 0 Å². The number of nitrogens with one attached hydrogen (secondary N) is 1. The van der Waals surface area contributed by atoms with E-state index in [1.54, 1.807) is 12.7 Å². The molecule has 0 amide bonds. The Kier molecular flexibility index (Phi) is 4.19.